The molecule has 1 atom stereocenters. The van der Waals surface area contributed by atoms with Crippen molar-refractivity contribution in [2.75, 3.05) is 20.8 Å². The van der Waals surface area contributed by atoms with Crippen LogP contribution in [0, 0.1) is 0 Å². The van der Waals surface area contributed by atoms with Crippen LogP contribution < -0.4 is 19.5 Å². The zero-order chi connectivity index (χ0) is 19.4. The average Bonchev–Trinajstić information content (AvgIpc) is 2.67. The molecule has 3 rings (SSSR count). The quantitative estimate of drug-likeness (QED) is 0.775. The van der Waals surface area contributed by atoms with Crippen molar-refractivity contribution in [2.45, 2.75) is 23.8 Å². The topological polar surface area (TPSA) is 93.7 Å². The van der Waals surface area contributed by atoms with Crippen molar-refractivity contribution in [3.63, 3.8) is 0 Å². The molecule has 144 valence electrons. The summed E-state index contributed by atoms with van der Waals surface area (Å²) in [5.41, 5.74) is 1.62. The molecule has 0 aromatic heterocycles. The number of methoxy groups -OCH3 is 2. The number of fused-ring (bicyclic) bond motifs is 1. The zero-order valence-electron chi connectivity index (χ0n) is 15.2. The van der Waals surface area contributed by atoms with Crippen LogP contribution in [-0.4, -0.2) is 41.1 Å². The van der Waals surface area contributed by atoms with Gasteiger partial charge in [-0.15, -0.1) is 0 Å². The number of rotatable bonds is 6. The molecular formula is C19H22N2O5S. The van der Waals surface area contributed by atoms with Crippen molar-refractivity contribution in [1.29, 1.82) is 0 Å². The van der Waals surface area contributed by atoms with Crippen LogP contribution in [0.25, 0.3) is 0 Å². The minimum absolute atomic E-state index is 0.105. The number of hydrogen-bond acceptors (Lipinski definition) is 5. The second-order valence-corrected chi connectivity index (χ2v) is 7.90. The fourth-order valence-electron chi connectivity index (χ4n) is 3.07. The van der Waals surface area contributed by atoms with Crippen molar-refractivity contribution in [3.8, 4) is 11.5 Å². The van der Waals surface area contributed by atoms with Crippen LogP contribution in [0.1, 0.15) is 11.1 Å². The molecule has 0 saturated heterocycles. The van der Waals surface area contributed by atoms with Crippen LogP contribution in [0.2, 0.25) is 0 Å². The molecule has 0 bridgehead atoms. The van der Waals surface area contributed by atoms with E-state index in [1.165, 1.54) is 20.3 Å². The van der Waals surface area contributed by atoms with Crippen molar-refractivity contribution < 1.29 is 22.7 Å². The molecule has 1 aliphatic heterocycles. The molecule has 1 amide bonds. The molecule has 2 aromatic carbocycles. The van der Waals surface area contributed by atoms with Gasteiger partial charge in [-0.1, -0.05) is 30.3 Å². The third-order valence-corrected chi connectivity index (χ3v) is 6.00. The minimum atomic E-state index is -3.82. The van der Waals surface area contributed by atoms with E-state index in [-0.39, 0.29) is 17.2 Å². The van der Waals surface area contributed by atoms with E-state index in [1.54, 1.807) is 6.07 Å². The lowest BCUT2D eigenvalue weighted by molar-refractivity contribution is -0.122. The van der Waals surface area contributed by atoms with Gasteiger partial charge in [0.1, 0.15) is 6.04 Å². The van der Waals surface area contributed by atoms with Crippen LogP contribution in [0.3, 0.4) is 0 Å². The molecule has 2 aromatic rings. The fraction of sp³-hybridized carbons (Fsp3) is 0.316. The Kier molecular flexibility index (Phi) is 5.67. The van der Waals surface area contributed by atoms with E-state index in [4.69, 9.17) is 9.47 Å². The van der Waals surface area contributed by atoms with E-state index < -0.39 is 16.1 Å². The SMILES string of the molecule is COc1cc2c(cc1OC)S(=O)(=O)NC(C(=O)NCCc1ccccc1)C2. The number of hydrogen-bond donors (Lipinski definition) is 2. The summed E-state index contributed by atoms with van der Waals surface area (Å²) in [5.74, 6) is 0.402. The summed E-state index contributed by atoms with van der Waals surface area (Å²) in [6, 6.07) is 11.9. The van der Waals surface area contributed by atoms with Gasteiger partial charge in [-0.25, -0.2) is 8.42 Å². The first kappa shape index (κ1) is 19.2. The molecule has 1 heterocycles. The Morgan fingerprint density at radius 3 is 2.48 bits per heavy atom. The van der Waals surface area contributed by atoms with E-state index in [9.17, 15) is 13.2 Å². The van der Waals surface area contributed by atoms with Crippen LogP contribution in [0.15, 0.2) is 47.4 Å². The smallest absolute Gasteiger partial charge is 0.241 e. The van der Waals surface area contributed by atoms with Crippen molar-refractivity contribution in [3.05, 3.63) is 53.6 Å². The molecular weight excluding hydrogens is 368 g/mol. The summed E-state index contributed by atoms with van der Waals surface area (Å²) in [6.07, 6.45) is 0.916. The highest BCUT2D eigenvalue weighted by molar-refractivity contribution is 7.89. The second kappa shape index (κ2) is 7.98. The lowest BCUT2D eigenvalue weighted by Gasteiger charge is -2.26. The van der Waals surface area contributed by atoms with E-state index in [0.29, 0.717) is 30.0 Å². The maximum Gasteiger partial charge on any atom is 0.241 e. The molecule has 1 aliphatic rings. The highest BCUT2D eigenvalue weighted by Gasteiger charge is 2.34. The zero-order valence-corrected chi connectivity index (χ0v) is 16.0. The molecule has 0 saturated carbocycles. The van der Waals surface area contributed by atoms with Crippen LogP contribution >= 0.6 is 0 Å². The number of nitrogens with one attached hydrogen (secondary N) is 2. The molecule has 1 unspecified atom stereocenters. The monoisotopic (exact) mass is 390 g/mol. The first-order chi connectivity index (χ1) is 12.9. The molecule has 0 spiro atoms. The lowest BCUT2D eigenvalue weighted by atomic mass is 10.0. The summed E-state index contributed by atoms with van der Waals surface area (Å²) in [4.78, 5) is 12.6. The Morgan fingerprint density at radius 1 is 1.15 bits per heavy atom. The van der Waals surface area contributed by atoms with Gasteiger partial charge in [0.25, 0.3) is 0 Å². The van der Waals surface area contributed by atoms with Gasteiger partial charge in [0.05, 0.1) is 19.1 Å². The number of amides is 1. The summed E-state index contributed by atoms with van der Waals surface area (Å²) in [5, 5.41) is 2.80. The van der Waals surface area contributed by atoms with Crippen molar-refractivity contribution >= 4 is 15.9 Å². The summed E-state index contributed by atoms with van der Waals surface area (Å²) >= 11 is 0. The van der Waals surface area contributed by atoms with Gasteiger partial charge in [0.15, 0.2) is 11.5 Å². The maximum absolute atomic E-state index is 12.6. The van der Waals surface area contributed by atoms with Gasteiger partial charge in [-0.05, 0) is 30.0 Å². The molecule has 0 aliphatic carbocycles. The highest BCUT2D eigenvalue weighted by Crippen LogP contribution is 2.35. The molecule has 2 N–H and O–H groups in total. The lowest BCUT2D eigenvalue weighted by Crippen LogP contribution is -2.50. The van der Waals surface area contributed by atoms with Crippen LogP contribution in [-0.2, 0) is 27.7 Å². The predicted octanol–water partition coefficient (Wildman–Crippen LogP) is 1.27. The number of carbonyl (C=O) groups is 1. The molecule has 0 radical (unpaired) electrons. The largest absolute Gasteiger partial charge is 0.493 e. The van der Waals surface area contributed by atoms with Gasteiger partial charge in [-0.2, -0.15) is 4.72 Å². The molecule has 0 fully saturated rings. The predicted molar refractivity (Wildman–Crippen MR) is 101 cm³/mol. The van der Waals surface area contributed by atoms with Gasteiger partial charge < -0.3 is 14.8 Å². The van der Waals surface area contributed by atoms with E-state index in [1.807, 2.05) is 30.3 Å². The van der Waals surface area contributed by atoms with E-state index >= 15 is 0 Å². The summed E-state index contributed by atoms with van der Waals surface area (Å²) in [6.45, 7) is 0.430. The molecule has 8 heteroatoms. The van der Waals surface area contributed by atoms with Gasteiger partial charge in [0, 0.05) is 12.6 Å². The minimum Gasteiger partial charge on any atom is -0.493 e. The van der Waals surface area contributed by atoms with Gasteiger partial charge in [0.2, 0.25) is 15.9 Å². The Bertz CT molecular complexity index is 929. The van der Waals surface area contributed by atoms with Gasteiger partial charge >= 0.3 is 0 Å². The van der Waals surface area contributed by atoms with Crippen molar-refractivity contribution in [1.82, 2.24) is 10.0 Å². The maximum atomic E-state index is 12.6. The normalized spacial score (nSPS) is 17.6. The van der Waals surface area contributed by atoms with Crippen LogP contribution in [0.4, 0.5) is 0 Å². The van der Waals surface area contributed by atoms with Crippen molar-refractivity contribution in [2.24, 2.45) is 0 Å². The second-order valence-electron chi connectivity index (χ2n) is 6.22. The first-order valence-electron chi connectivity index (χ1n) is 8.53. The van der Waals surface area contributed by atoms with E-state index in [2.05, 4.69) is 10.0 Å². The summed E-state index contributed by atoms with van der Waals surface area (Å²) < 4.78 is 38.0. The fourth-order valence-corrected chi connectivity index (χ4v) is 4.51. The first-order valence-corrected chi connectivity index (χ1v) is 10.0. The van der Waals surface area contributed by atoms with E-state index in [0.717, 1.165) is 5.56 Å². The number of benzene rings is 2. The Labute approximate surface area is 158 Å². The third-order valence-electron chi connectivity index (χ3n) is 4.45. The average molecular weight is 390 g/mol. The number of ether oxygens (including phenoxy) is 2. The molecule has 7 nitrogen and oxygen atoms in total. The highest BCUT2D eigenvalue weighted by atomic mass is 32.2. The Balaban J connectivity index is 1.73. The Morgan fingerprint density at radius 2 is 1.81 bits per heavy atom. The summed E-state index contributed by atoms with van der Waals surface area (Å²) in [7, 11) is -0.897. The van der Waals surface area contributed by atoms with Crippen LogP contribution in [0.5, 0.6) is 11.5 Å². The van der Waals surface area contributed by atoms with Gasteiger partial charge in [-0.3, -0.25) is 4.79 Å². The molecule has 27 heavy (non-hydrogen) atoms. The number of sulfonamides is 1. The standard InChI is InChI=1S/C19H22N2O5S/c1-25-16-11-14-10-15(21-27(23,24)18(14)12-17(16)26-2)19(22)20-9-8-13-6-4-3-5-7-13/h3-7,11-12,15,21H,8-10H2,1-2H3,(H,20,22). The number of carbonyl (C=O) groups excluding carboxylic acids is 1. The Hall–Kier alpha value is -2.58. The third kappa shape index (κ3) is 4.23.